The van der Waals surface area contributed by atoms with E-state index in [-0.39, 0.29) is 10.7 Å². The first-order chi connectivity index (χ1) is 12.3. The van der Waals surface area contributed by atoms with Gasteiger partial charge in [-0.25, -0.2) is 12.8 Å². The van der Waals surface area contributed by atoms with Crippen molar-refractivity contribution in [2.45, 2.75) is 36.2 Å². The van der Waals surface area contributed by atoms with Crippen LogP contribution in [0.25, 0.3) is 0 Å². The van der Waals surface area contributed by atoms with Crippen molar-refractivity contribution in [1.82, 2.24) is 10.2 Å². The first kappa shape index (κ1) is 19.0. The molecule has 2 N–H and O–H groups in total. The summed E-state index contributed by atoms with van der Waals surface area (Å²) < 4.78 is 38.3. The lowest BCUT2D eigenvalue weighted by molar-refractivity contribution is -0.0977. The lowest BCUT2D eigenvalue weighted by Crippen LogP contribution is -2.53. The summed E-state index contributed by atoms with van der Waals surface area (Å²) in [6.07, 6.45) is 0.749. The third kappa shape index (κ3) is 3.53. The van der Waals surface area contributed by atoms with Gasteiger partial charge in [-0.15, -0.1) is 0 Å². The molecule has 1 unspecified atom stereocenters. The van der Waals surface area contributed by atoms with Gasteiger partial charge in [0.15, 0.2) is 0 Å². The molecule has 26 heavy (non-hydrogen) atoms. The number of sulfonamides is 1. The van der Waals surface area contributed by atoms with Crippen LogP contribution in [0, 0.1) is 5.82 Å². The fourth-order valence-corrected chi connectivity index (χ4v) is 4.40. The van der Waals surface area contributed by atoms with Crippen molar-refractivity contribution in [3.63, 3.8) is 0 Å². The largest absolute Gasteiger partial charge is 0.316 e. The highest BCUT2D eigenvalue weighted by Gasteiger charge is 2.50. The molecule has 0 aromatic heterocycles. The molecule has 1 fully saturated rings. The van der Waals surface area contributed by atoms with Gasteiger partial charge in [-0.2, -0.15) is 0 Å². The highest BCUT2D eigenvalue weighted by atomic mass is 32.2. The minimum absolute atomic E-state index is 0.135. The second kappa shape index (κ2) is 7.08. The molecule has 0 radical (unpaired) electrons. The van der Waals surface area contributed by atoms with Crippen molar-refractivity contribution < 1.29 is 17.6 Å². The van der Waals surface area contributed by atoms with Crippen molar-refractivity contribution in [3.8, 4) is 0 Å². The van der Waals surface area contributed by atoms with Crippen molar-refractivity contribution in [2.24, 2.45) is 0 Å². The normalized spacial score (nSPS) is 21.0. The van der Waals surface area contributed by atoms with Gasteiger partial charge in [0.25, 0.3) is 10.0 Å². The standard InChI is InChI=1S/C19H23FN2O3S/c1-18(2,25-22-26(23,24)17-6-4-3-5-7-17)19(12-13-21-14-19)15-8-10-16(20)11-9-15/h3-11,21-22H,12-14H2,1-2H3. The van der Waals surface area contributed by atoms with E-state index in [1.54, 1.807) is 30.3 Å². The number of benzene rings is 2. The molecule has 1 atom stereocenters. The van der Waals surface area contributed by atoms with E-state index in [2.05, 4.69) is 10.2 Å². The molecule has 1 heterocycles. The summed E-state index contributed by atoms with van der Waals surface area (Å²) in [6.45, 7) is 5.07. The van der Waals surface area contributed by atoms with Gasteiger partial charge < -0.3 is 5.32 Å². The molecule has 0 aliphatic carbocycles. The monoisotopic (exact) mass is 378 g/mol. The third-order valence-corrected chi connectivity index (χ3v) is 6.36. The maximum Gasteiger partial charge on any atom is 0.262 e. The van der Waals surface area contributed by atoms with Crippen LogP contribution in [0.2, 0.25) is 0 Å². The van der Waals surface area contributed by atoms with E-state index in [1.807, 2.05) is 13.8 Å². The molecule has 1 aliphatic rings. The van der Waals surface area contributed by atoms with E-state index in [1.165, 1.54) is 24.3 Å². The summed E-state index contributed by atoms with van der Waals surface area (Å²) in [7, 11) is -3.79. The third-order valence-electron chi connectivity index (χ3n) is 5.16. The Labute approximate surface area is 153 Å². The van der Waals surface area contributed by atoms with Gasteiger partial charge in [-0.3, -0.25) is 4.84 Å². The Morgan fingerprint density at radius 1 is 1.12 bits per heavy atom. The predicted octanol–water partition coefficient (Wildman–Crippen LogP) is 2.75. The summed E-state index contributed by atoms with van der Waals surface area (Å²) in [4.78, 5) is 8.15. The van der Waals surface area contributed by atoms with Crippen LogP contribution in [-0.2, 0) is 20.3 Å². The van der Waals surface area contributed by atoms with E-state index in [9.17, 15) is 12.8 Å². The Bertz CT molecular complexity index is 846. The Kier molecular flexibility index (Phi) is 5.16. The van der Waals surface area contributed by atoms with Crippen LogP contribution < -0.4 is 10.2 Å². The molecule has 0 amide bonds. The van der Waals surface area contributed by atoms with Crippen LogP contribution in [0.1, 0.15) is 25.8 Å². The van der Waals surface area contributed by atoms with Gasteiger partial charge in [-0.1, -0.05) is 35.2 Å². The fourth-order valence-electron chi connectivity index (χ4n) is 3.47. The summed E-state index contributed by atoms with van der Waals surface area (Å²) in [6, 6.07) is 14.4. The summed E-state index contributed by atoms with van der Waals surface area (Å²) in [5, 5.41) is 3.31. The molecule has 1 saturated heterocycles. The van der Waals surface area contributed by atoms with Gasteiger partial charge in [0.1, 0.15) is 5.82 Å². The van der Waals surface area contributed by atoms with Gasteiger partial charge in [0.2, 0.25) is 0 Å². The van der Waals surface area contributed by atoms with Crippen LogP contribution in [0.15, 0.2) is 59.5 Å². The van der Waals surface area contributed by atoms with Gasteiger partial charge in [0.05, 0.1) is 10.5 Å². The predicted molar refractivity (Wildman–Crippen MR) is 97.5 cm³/mol. The zero-order valence-electron chi connectivity index (χ0n) is 14.8. The second-order valence-corrected chi connectivity index (χ2v) is 8.67. The van der Waals surface area contributed by atoms with Crippen molar-refractivity contribution >= 4 is 10.0 Å². The molecule has 3 rings (SSSR count). The SMILES string of the molecule is CC(C)(ONS(=O)(=O)c1ccccc1)C1(c2ccc(F)cc2)CCNC1. The number of nitrogens with one attached hydrogen (secondary N) is 2. The van der Waals surface area contributed by atoms with Crippen LogP contribution in [0.5, 0.6) is 0 Å². The molecular formula is C19H23FN2O3S. The molecule has 0 bridgehead atoms. The Hall–Kier alpha value is -1.80. The van der Waals surface area contributed by atoms with Crippen LogP contribution in [-0.4, -0.2) is 27.1 Å². The quantitative estimate of drug-likeness (QED) is 0.759. The Balaban J connectivity index is 1.86. The van der Waals surface area contributed by atoms with Crippen LogP contribution in [0.4, 0.5) is 4.39 Å². The maximum atomic E-state index is 13.3. The summed E-state index contributed by atoms with van der Waals surface area (Å²) >= 11 is 0. The zero-order valence-corrected chi connectivity index (χ0v) is 15.6. The molecular weight excluding hydrogens is 355 g/mol. The van der Waals surface area contributed by atoms with Gasteiger partial charge >= 0.3 is 0 Å². The highest BCUT2D eigenvalue weighted by molar-refractivity contribution is 7.89. The smallest absolute Gasteiger partial charge is 0.262 e. The fraction of sp³-hybridized carbons (Fsp3) is 0.368. The molecule has 5 nitrogen and oxygen atoms in total. The lowest BCUT2D eigenvalue weighted by Gasteiger charge is -2.43. The first-order valence-electron chi connectivity index (χ1n) is 8.49. The Morgan fingerprint density at radius 2 is 1.77 bits per heavy atom. The number of rotatable bonds is 6. The number of hydrogen-bond acceptors (Lipinski definition) is 4. The van der Waals surface area contributed by atoms with Crippen LogP contribution >= 0.6 is 0 Å². The second-order valence-electron chi connectivity index (χ2n) is 7.03. The molecule has 0 saturated carbocycles. The lowest BCUT2D eigenvalue weighted by atomic mass is 9.68. The molecule has 2 aromatic carbocycles. The average molecular weight is 378 g/mol. The van der Waals surface area contributed by atoms with E-state index in [0.29, 0.717) is 6.54 Å². The minimum Gasteiger partial charge on any atom is -0.316 e. The van der Waals surface area contributed by atoms with Gasteiger partial charge in [-0.05, 0) is 56.6 Å². The molecule has 140 valence electrons. The summed E-state index contributed by atoms with van der Waals surface area (Å²) in [5.41, 5.74) is -0.441. The van der Waals surface area contributed by atoms with E-state index in [0.717, 1.165) is 18.5 Å². The highest BCUT2D eigenvalue weighted by Crippen LogP contribution is 2.42. The zero-order chi connectivity index (χ0) is 18.8. The maximum absolute atomic E-state index is 13.3. The Morgan fingerprint density at radius 3 is 2.35 bits per heavy atom. The molecule has 7 heteroatoms. The van der Waals surface area contributed by atoms with E-state index >= 15 is 0 Å². The summed E-state index contributed by atoms with van der Waals surface area (Å²) in [5.74, 6) is -0.307. The molecule has 2 aromatic rings. The number of hydrogen-bond donors (Lipinski definition) is 2. The minimum atomic E-state index is -3.79. The van der Waals surface area contributed by atoms with Crippen molar-refractivity contribution in [1.29, 1.82) is 0 Å². The van der Waals surface area contributed by atoms with E-state index in [4.69, 9.17) is 4.84 Å². The topological polar surface area (TPSA) is 67.4 Å². The van der Waals surface area contributed by atoms with Crippen molar-refractivity contribution in [3.05, 3.63) is 66.0 Å². The average Bonchev–Trinajstić information content (AvgIpc) is 3.13. The number of halogens is 1. The van der Waals surface area contributed by atoms with Crippen LogP contribution in [0.3, 0.4) is 0 Å². The van der Waals surface area contributed by atoms with Crippen molar-refractivity contribution in [2.75, 3.05) is 13.1 Å². The first-order valence-corrected chi connectivity index (χ1v) is 9.97. The molecule has 1 aliphatic heterocycles. The van der Waals surface area contributed by atoms with E-state index < -0.39 is 21.0 Å². The molecule has 0 spiro atoms. The van der Waals surface area contributed by atoms with Gasteiger partial charge in [0, 0.05) is 12.0 Å².